The lowest BCUT2D eigenvalue weighted by atomic mass is 10.0. The van der Waals surface area contributed by atoms with E-state index in [0.717, 1.165) is 17.8 Å². The van der Waals surface area contributed by atoms with Crippen LogP contribution in [-0.4, -0.2) is 22.3 Å². The molecule has 0 unspecified atom stereocenters. The van der Waals surface area contributed by atoms with E-state index >= 15 is 0 Å². The maximum Gasteiger partial charge on any atom is 0.262 e. The molecule has 0 fully saturated rings. The van der Waals surface area contributed by atoms with E-state index in [2.05, 4.69) is 17.3 Å². The van der Waals surface area contributed by atoms with Crippen molar-refractivity contribution in [3.05, 3.63) is 76.1 Å². The van der Waals surface area contributed by atoms with Gasteiger partial charge in [-0.1, -0.05) is 23.7 Å². The number of aromatic nitrogens is 2. The molecule has 2 aromatic carbocycles. The van der Waals surface area contributed by atoms with Crippen molar-refractivity contribution >= 4 is 23.2 Å². The number of carbonyl (C=O) groups excluding carboxylic acids is 1. The summed E-state index contributed by atoms with van der Waals surface area (Å²) in [6, 6.07) is 14.7. The minimum absolute atomic E-state index is 0.0581. The molecular weight excluding hydrogens is 362 g/mol. The Hall–Kier alpha value is -2.79. The van der Waals surface area contributed by atoms with E-state index in [4.69, 9.17) is 16.3 Å². The van der Waals surface area contributed by atoms with E-state index in [0.29, 0.717) is 10.8 Å². The lowest BCUT2D eigenvalue weighted by Gasteiger charge is -2.09. The smallest absolute Gasteiger partial charge is 0.262 e. The second kappa shape index (κ2) is 8.27. The van der Waals surface area contributed by atoms with E-state index in [9.17, 15) is 4.79 Å². The van der Waals surface area contributed by atoms with Gasteiger partial charge < -0.3 is 10.1 Å². The highest BCUT2D eigenvalue weighted by Crippen LogP contribution is 2.19. The van der Waals surface area contributed by atoms with Gasteiger partial charge in [0.1, 0.15) is 5.75 Å². The molecule has 1 N–H and O–H groups in total. The molecule has 140 valence electrons. The summed E-state index contributed by atoms with van der Waals surface area (Å²) in [5.41, 5.74) is 5.37. The molecule has 0 aliphatic heterocycles. The zero-order chi connectivity index (χ0) is 19.4. The Morgan fingerprint density at radius 1 is 1.11 bits per heavy atom. The van der Waals surface area contributed by atoms with Crippen LogP contribution in [0.25, 0.3) is 0 Å². The summed E-state index contributed by atoms with van der Waals surface area (Å²) in [5, 5.41) is 7.92. The van der Waals surface area contributed by atoms with E-state index < -0.39 is 0 Å². The van der Waals surface area contributed by atoms with E-state index in [1.807, 2.05) is 42.9 Å². The number of nitrogens with zero attached hydrogens (tertiary/aromatic N) is 2. The van der Waals surface area contributed by atoms with Crippen LogP contribution in [0, 0.1) is 13.8 Å². The molecule has 0 aliphatic rings. The van der Waals surface area contributed by atoms with Crippen LogP contribution in [0.3, 0.4) is 0 Å². The van der Waals surface area contributed by atoms with Crippen LogP contribution >= 0.6 is 11.6 Å². The monoisotopic (exact) mass is 383 g/mol. The average molecular weight is 384 g/mol. The van der Waals surface area contributed by atoms with Gasteiger partial charge in [0.25, 0.3) is 5.91 Å². The molecule has 0 radical (unpaired) electrons. The zero-order valence-electron chi connectivity index (χ0n) is 15.6. The molecule has 0 saturated carbocycles. The number of hydrogen-bond acceptors (Lipinski definition) is 3. The standard InChI is InChI=1S/C21H22ClN3O2/c1-14-20(15(2)25(3)24-14)12-16-4-8-18(9-5-16)23-21(26)13-27-19-10-6-17(22)7-11-19/h4-11H,12-13H2,1-3H3,(H,23,26). The molecule has 0 spiro atoms. The van der Waals surface area contributed by atoms with Crippen LogP contribution < -0.4 is 10.1 Å². The van der Waals surface area contributed by atoms with Gasteiger partial charge in [-0.3, -0.25) is 9.48 Å². The summed E-state index contributed by atoms with van der Waals surface area (Å²) in [6.45, 7) is 4.04. The molecule has 1 heterocycles. The van der Waals surface area contributed by atoms with Gasteiger partial charge >= 0.3 is 0 Å². The molecule has 0 saturated heterocycles. The third-order valence-electron chi connectivity index (χ3n) is 4.46. The summed E-state index contributed by atoms with van der Waals surface area (Å²) >= 11 is 5.82. The molecule has 6 heteroatoms. The lowest BCUT2D eigenvalue weighted by Crippen LogP contribution is -2.20. The average Bonchev–Trinajstić information content (AvgIpc) is 2.89. The number of ether oxygens (including phenoxy) is 1. The third kappa shape index (κ3) is 4.89. The second-order valence-electron chi connectivity index (χ2n) is 6.44. The van der Waals surface area contributed by atoms with Crippen molar-refractivity contribution in [3.63, 3.8) is 0 Å². The first kappa shape index (κ1) is 19.0. The van der Waals surface area contributed by atoms with Crippen molar-refractivity contribution in [2.45, 2.75) is 20.3 Å². The van der Waals surface area contributed by atoms with Gasteiger partial charge in [-0.2, -0.15) is 5.10 Å². The highest BCUT2D eigenvalue weighted by molar-refractivity contribution is 6.30. The van der Waals surface area contributed by atoms with Crippen molar-refractivity contribution < 1.29 is 9.53 Å². The zero-order valence-corrected chi connectivity index (χ0v) is 16.4. The fraction of sp³-hybridized carbons (Fsp3) is 0.238. The molecular formula is C21H22ClN3O2. The third-order valence-corrected chi connectivity index (χ3v) is 4.71. The molecule has 3 rings (SSSR count). The van der Waals surface area contributed by atoms with Crippen LogP contribution in [-0.2, 0) is 18.3 Å². The van der Waals surface area contributed by atoms with Gasteiger partial charge in [0.05, 0.1) is 5.69 Å². The fourth-order valence-electron chi connectivity index (χ4n) is 2.86. The predicted octanol–water partition coefficient (Wildman–Crippen LogP) is 4.30. The number of carbonyl (C=O) groups is 1. The largest absolute Gasteiger partial charge is 0.484 e. The number of rotatable bonds is 6. The van der Waals surface area contributed by atoms with E-state index in [-0.39, 0.29) is 12.5 Å². The number of anilines is 1. The van der Waals surface area contributed by atoms with E-state index in [1.165, 1.54) is 16.8 Å². The first-order valence-electron chi connectivity index (χ1n) is 8.68. The summed E-state index contributed by atoms with van der Waals surface area (Å²) in [7, 11) is 1.95. The van der Waals surface area contributed by atoms with Gasteiger partial charge in [-0.05, 0) is 55.8 Å². The Labute approximate surface area is 163 Å². The number of hydrogen-bond donors (Lipinski definition) is 1. The van der Waals surface area contributed by atoms with Gasteiger partial charge in [-0.15, -0.1) is 0 Å². The number of nitrogens with one attached hydrogen (secondary N) is 1. The molecule has 27 heavy (non-hydrogen) atoms. The SMILES string of the molecule is Cc1nn(C)c(C)c1Cc1ccc(NC(=O)COc2ccc(Cl)cc2)cc1. The maximum atomic E-state index is 12.0. The van der Waals surface area contributed by atoms with Gasteiger partial charge in [0, 0.05) is 35.4 Å². The predicted molar refractivity (Wildman–Crippen MR) is 108 cm³/mol. The molecule has 0 aliphatic carbocycles. The molecule has 1 amide bonds. The first-order chi connectivity index (χ1) is 12.9. The number of benzene rings is 2. The van der Waals surface area contributed by atoms with Crippen molar-refractivity contribution in [3.8, 4) is 5.75 Å². The lowest BCUT2D eigenvalue weighted by molar-refractivity contribution is -0.118. The Balaban J connectivity index is 1.55. The molecule has 0 atom stereocenters. The Bertz CT molecular complexity index is 931. The number of amides is 1. The topological polar surface area (TPSA) is 56.2 Å². The molecule has 1 aromatic heterocycles. The molecule has 5 nitrogen and oxygen atoms in total. The van der Waals surface area contributed by atoms with Crippen LogP contribution in [0.5, 0.6) is 5.75 Å². The number of halogens is 1. The summed E-state index contributed by atoms with van der Waals surface area (Å²) in [4.78, 5) is 12.0. The highest BCUT2D eigenvalue weighted by Gasteiger charge is 2.10. The summed E-state index contributed by atoms with van der Waals surface area (Å²) in [6.07, 6.45) is 0.819. The van der Waals surface area contributed by atoms with Crippen LogP contribution in [0.1, 0.15) is 22.5 Å². The molecule has 3 aromatic rings. The fourth-order valence-corrected chi connectivity index (χ4v) is 2.99. The van der Waals surface area contributed by atoms with Crippen LogP contribution in [0.4, 0.5) is 5.69 Å². The highest BCUT2D eigenvalue weighted by atomic mass is 35.5. The van der Waals surface area contributed by atoms with Gasteiger partial charge in [0.2, 0.25) is 0 Å². The van der Waals surface area contributed by atoms with Gasteiger partial charge in [-0.25, -0.2) is 0 Å². The van der Waals surface area contributed by atoms with Crippen LogP contribution in [0.15, 0.2) is 48.5 Å². The van der Waals surface area contributed by atoms with Crippen molar-refractivity contribution in [2.24, 2.45) is 7.05 Å². The normalized spacial score (nSPS) is 10.7. The first-order valence-corrected chi connectivity index (χ1v) is 9.06. The van der Waals surface area contributed by atoms with Crippen molar-refractivity contribution in [1.82, 2.24) is 9.78 Å². The van der Waals surface area contributed by atoms with Gasteiger partial charge in [0.15, 0.2) is 6.61 Å². The summed E-state index contributed by atoms with van der Waals surface area (Å²) in [5.74, 6) is 0.392. The minimum atomic E-state index is -0.211. The second-order valence-corrected chi connectivity index (χ2v) is 6.87. The Morgan fingerprint density at radius 2 is 1.78 bits per heavy atom. The minimum Gasteiger partial charge on any atom is -0.484 e. The quantitative estimate of drug-likeness (QED) is 0.690. The summed E-state index contributed by atoms with van der Waals surface area (Å²) < 4.78 is 7.35. The van der Waals surface area contributed by atoms with E-state index in [1.54, 1.807) is 24.3 Å². The maximum absolute atomic E-state index is 12.0. The molecule has 0 bridgehead atoms. The Kier molecular flexibility index (Phi) is 5.81. The Morgan fingerprint density at radius 3 is 2.37 bits per heavy atom. The van der Waals surface area contributed by atoms with Crippen LogP contribution in [0.2, 0.25) is 5.02 Å². The van der Waals surface area contributed by atoms with Crippen molar-refractivity contribution in [1.29, 1.82) is 0 Å². The van der Waals surface area contributed by atoms with Crippen molar-refractivity contribution in [2.75, 3.05) is 11.9 Å². The number of aryl methyl sites for hydroxylation is 2.